The molecule has 8 heteroatoms. The Bertz CT molecular complexity index is 814. The maximum absolute atomic E-state index is 12.4. The van der Waals surface area contributed by atoms with Crippen LogP contribution in [0.1, 0.15) is 21.9 Å². The summed E-state index contributed by atoms with van der Waals surface area (Å²) in [6.07, 6.45) is 4.57. The van der Waals surface area contributed by atoms with Crippen molar-refractivity contribution in [2.75, 3.05) is 0 Å². The molecule has 0 aliphatic carbocycles. The van der Waals surface area contributed by atoms with Crippen LogP contribution in [0.4, 0.5) is 0 Å². The van der Waals surface area contributed by atoms with E-state index >= 15 is 0 Å². The number of hydrogen-bond donors (Lipinski definition) is 1. The van der Waals surface area contributed by atoms with Gasteiger partial charge in [-0.25, -0.2) is 0 Å². The van der Waals surface area contributed by atoms with Crippen molar-refractivity contribution in [1.82, 2.24) is 15.4 Å². The van der Waals surface area contributed by atoms with Gasteiger partial charge in [-0.1, -0.05) is 11.8 Å². The number of nitrogens with one attached hydrogen (secondary N) is 1. The molecule has 0 saturated carbocycles. The fourth-order valence-corrected chi connectivity index (χ4v) is 3.05. The molecular weight excluding hydrogens is 334 g/mol. The Morgan fingerprint density at radius 2 is 2.26 bits per heavy atom. The number of rotatable bonds is 3. The van der Waals surface area contributed by atoms with Crippen LogP contribution in [-0.4, -0.2) is 26.1 Å². The molecule has 2 aromatic rings. The van der Waals surface area contributed by atoms with E-state index in [1.807, 2.05) is 6.92 Å². The lowest BCUT2D eigenvalue weighted by Crippen LogP contribution is -2.44. The molecule has 0 bridgehead atoms. The Kier molecular flexibility index (Phi) is 4.26. The minimum absolute atomic E-state index is 0.252. The number of carbonyl (C=O) groups is 2. The minimum atomic E-state index is -0.454. The average Bonchev–Trinajstić information content (AvgIpc) is 3.07. The molecule has 0 spiro atoms. The zero-order chi connectivity index (χ0) is 16.4. The van der Waals surface area contributed by atoms with Gasteiger partial charge in [0, 0.05) is 18.5 Å². The van der Waals surface area contributed by atoms with Crippen molar-refractivity contribution in [3.05, 3.63) is 58.6 Å². The average molecular weight is 345 g/mol. The summed E-state index contributed by atoms with van der Waals surface area (Å²) < 4.78 is 5.67. The number of furan rings is 1. The first-order chi connectivity index (χ1) is 11.0. The van der Waals surface area contributed by atoms with E-state index in [1.54, 1.807) is 36.5 Å². The molecule has 1 fully saturated rings. The van der Waals surface area contributed by atoms with Crippen LogP contribution in [0.15, 0.2) is 46.0 Å². The highest BCUT2D eigenvalue weighted by Gasteiger charge is 2.34. The first kappa shape index (κ1) is 15.4. The van der Waals surface area contributed by atoms with Crippen LogP contribution in [0.3, 0.4) is 0 Å². The summed E-state index contributed by atoms with van der Waals surface area (Å²) in [4.78, 5) is 28.7. The van der Waals surface area contributed by atoms with Gasteiger partial charge in [-0.2, -0.15) is 5.01 Å². The van der Waals surface area contributed by atoms with Crippen LogP contribution in [0.2, 0.25) is 0 Å². The highest BCUT2D eigenvalue weighted by Crippen LogP contribution is 2.31. The Balaban J connectivity index is 1.77. The Labute approximate surface area is 141 Å². The molecule has 116 valence electrons. The number of hydrazine groups is 1. The molecule has 1 aliphatic rings. The van der Waals surface area contributed by atoms with Crippen LogP contribution in [0.5, 0.6) is 0 Å². The number of thioether (sulfide) groups is 1. The lowest BCUT2D eigenvalue weighted by atomic mass is 10.3. The van der Waals surface area contributed by atoms with Gasteiger partial charge in [0.1, 0.15) is 11.5 Å². The zero-order valence-electron chi connectivity index (χ0n) is 12.0. The molecule has 0 atom stereocenters. The van der Waals surface area contributed by atoms with Crippen molar-refractivity contribution >= 4 is 46.2 Å². The molecule has 2 aromatic heterocycles. The number of pyridine rings is 1. The highest BCUT2D eigenvalue weighted by atomic mass is 32.2. The van der Waals surface area contributed by atoms with E-state index < -0.39 is 11.8 Å². The fraction of sp³-hybridized carbons (Fsp3) is 0.0667. The molecule has 3 heterocycles. The third kappa shape index (κ3) is 3.33. The number of hydrogen-bond acceptors (Lipinski definition) is 6. The second-order valence-corrected chi connectivity index (χ2v) is 6.32. The summed E-state index contributed by atoms with van der Waals surface area (Å²) in [7, 11) is 0. The molecule has 3 rings (SSSR count). The second kappa shape index (κ2) is 6.35. The van der Waals surface area contributed by atoms with E-state index in [2.05, 4.69) is 10.4 Å². The third-order valence-electron chi connectivity index (χ3n) is 2.97. The number of nitrogens with zero attached hydrogens (tertiary/aromatic N) is 2. The predicted octanol–water partition coefficient (Wildman–Crippen LogP) is 2.53. The van der Waals surface area contributed by atoms with E-state index in [0.29, 0.717) is 16.2 Å². The molecule has 6 nitrogen and oxygen atoms in total. The van der Waals surface area contributed by atoms with E-state index in [-0.39, 0.29) is 4.32 Å². The van der Waals surface area contributed by atoms with E-state index in [1.165, 1.54) is 6.20 Å². The fourth-order valence-electron chi connectivity index (χ4n) is 1.89. The maximum Gasteiger partial charge on any atom is 0.285 e. The van der Waals surface area contributed by atoms with Crippen molar-refractivity contribution in [2.45, 2.75) is 6.92 Å². The van der Waals surface area contributed by atoms with Crippen LogP contribution >= 0.6 is 24.0 Å². The summed E-state index contributed by atoms with van der Waals surface area (Å²) in [5, 5.41) is 1.05. The summed E-state index contributed by atoms with van der Waals surface area (Å²) in [6, 6.07) is 6.80. The molecule has 0 unspecified atom stereocenters. The number of carbonyl (C=O) groups excluding carboxylic acids is 2. The van der Waals surface area contributed by atoms with Crippen molar-refractivity contribution in [2.24, 2.45) is 0 Å². The smallest absolute Gasteiger partial charge is 0.285 e. The van der Waals surface area contributed by atoms with Gasteiger partial charge in [0.25, 0.3) is 11.8 Å². The van der Waals surface area contributed by atoms with Crippen molar-refractivity contribution < 1.29 is 14.0 Å². The van der Waals surface area contributed by atoms with Crippen LogP contribution in [0.25, 0.3) is 6.08 Å². The largest absolute Gasteiger partial charge is 0.462 e. The highest BCUT2D eigenvalue weighted by molar-refractivity contribution is 8.26. The standard InChI is InChI=1S/C15H11N3O3S2/c1-9-4-5-11(21-9)7-12-14(20)18(15(22)23-12)17-13(19)10-3-2-6-16-8-10/h2-8H,1H3,(H,17,19). The topological polar surface area (TPSA) is 75.4 Å². The third-order valence-corrected chi connectivity index (χ3v) is 4.27. The van der Waals surface area contributed by atoms with Gasteiger partial charge in [0.15, 0.2) is 4.32 Å². The summed E-state index contributed by atoms with van der Waals surface area (Å²) in [6.45, 7) is 1.82. The SMILES string of the molecule is Cc1ccc(C=C2SC(=S)N(NC(=O)c3cccnc3)C2=O)o1. The summed E-state index contributed by atoms with van der Waals surface area (Å²) in [5.41, 5.74) is 2.83. The number of amides is 2. The van der Waals surface area contributed by atoms with E-state index in [4.69, 9.17) is 16.6 Å². The Morgan fingerprint density at radius 1 is 1.43 bits per heavy atom. The van der Waals surface area contributed by atoms with Crippen LogP contribution in [0, 0.1) is 6.92 Å². The van der Waals surface area contributed by atoms with Gasteiger partial charge in [-0.05, 0) is 43.4 Å². The molecule has 1 N–H and O–H groups in total. The summed E-state index contributed by atoms with van der Waals surface area (Å²) >= 11 is 6.25. The minimum Gasteiger partial charge on any atom is -0.462 e. The first-order valence-electron chi connectivity index (χ1n) is 6.60. The molecule has 1 aliphatic heterocycles. The predicted molar refractivity (Wildman–Crippen MR) is 90.2 cm³/mol. The first-order valence-corrected chi connectivity index (χ1v) is 7.82. The number of aromatic nitrogens is 1. The number of thiocarbonyl (C=S) groups is 1. The van der Waals surface area contributed by atoms with Gasteiger partial charge in [0.2, 0.25) is 0 Å². The lowest BCUT2D eigenvalue weighted by molar-refractivity contribution is -0.123. The van der Waals surface area contributed by atoms with Gasteiger partial charge in [-0.3, -0.25) is 20.0 Å². The van der Waals surface area contributed by atoms with Crippen molar-refractivity contribution in [1.29, 1.82) is 0 Å². The van der Waals surface area contributed by atoms with Gasteiger partial charge >= 0.3 is 0 Å². The molecule has 0 aromatic carbocycles. The monoisotopic (exact) mass is 345 g/mol. The van der Waals surface area contributed by atoms with Gasteiger partial charge < -0.3 is 4.42 Å². The number of aryl methyl sites for hydroxylation is 1. The molecule has 1 saturated heterocycles. The Morgan fingerprint density at radius 3 is 2.91 bits per heavy atom. The van der Waals surface area contributed by atoms with E-state index in [9.17, 15) is 9.59 Å². The van der Waals surface area contributed by atoms with Crippen LogP contribution < -0.4 is 5.43 Å². The van der Waals surface area contributed by atoms with Crippen molar-refractivity contribution in [3.8, 4) is 0 Å². The zero-order valence-corrected chi connectivity index (χ0v) is 13.6. The molecule has 2 amide bonds. The molecule has 23 heavy (non-hydrogen) atoms. The molecule has 0 radical (unpaired) electrons. The second-order valence-electron chi connectivity index (χ2n) is 4.65. The normalized spacial score (nSPS) is 16.2. The van der Waals surface area contributed by atoms with E-state index in [0.717, 1.165) is 22.5 Å². The van der Waals surface area contributed by atoms with Gasteiger partial charge in [-0.15, -0.1) is 0 Å². The van der Waals surface area contributed by atoms with Crippen molar-refractivity contribution in [3.63, 3.8) is 0 Å². The quantitative estimate of drug-likeness (QED) is 0.680. The lowest BCUT2D eigenvalue weighted by Gasteiger charge is -2.15. The molecular formula is C15H11N3O3S2. The summed E-state index contributed by atoms with van der Waals surface area (Å²) in [5.74, 6) is 0.453. The Hall–Kier alpha value is -2.45. The maximum atomic E-state index is 12.4. The van der Waals surface area contributed by atoms with Crippen LogP contribution in [-0.2, 0) is 4.79 Å². The van der Waals surface area contributed by atoms with Gasteiger partial charge in [0.05, 0.1) is 10.5 Å².